The van der Waals surface area contributed by atoms with Crippen LogP contribution in [0.1, 0.15) is 32.8 Å². The molecule has 1 saturated heterocycles. The van der Waals surface area contributed by atoms with Crippen molar-refractivity contribution in [1.29, 1.82) is 0 Å². The van der Waals surface area contributed by atoms with Crippen LogP contribution in [0.4, 0.5) is 10.5 Å². The number of aliphatic hydroxyl groups is 1. The Morgan fingerprint density at radius 2 is 1.93 bits per heavy atom. The number of amides is 1. The Morgan fingerprint density at radius 1 is 1.32 bits per heavy atom. The smallest absolute Gasteiger partial charge is 0.410 e. The van der Waals surface area contributed by atoms with Gasteiger partial charge in [0.05, 0.1) is 23.7 Å². The Balaban J connectivity index is 1.95. The largest absolute Gasteiger partial charge is 0.445 e. The Morgan fingerprint density at radius 3 is 2.43 bits per heavy atom. The fourth-order valence-electron chi connectivity index (χ4n) is 2.89. The van der Waals surface area contributed by atoms with Gasteiger partial charge in [-0.2, -0.15) is 0 Å². The summed E-state index contributed by atoms with van der Waals surface area (Å²) in [5.41, 5.74) is 0.647. The van der Waals surface area contributed by atoms with Crippen molar-refractivity contribution in [3.05, 3.63) is 39.9 Å². The number of rotatable bonds is 6. The number of nitro groups is 1. The quantitative estimate of drug-likeness (QED) is 0.436. The van der Waals surface area contributed by atoms with Crippen LogP contribution in [-0.2, 0) is 15.8 Å². The molecule has 0 radical (unpaired) electrons. The van der Waals surface area contributed by atoms with Crippen molar-refractivity contribution in [2.75, 3.05) is 13.2 Å². The number of hydrogen-bond acceptors (Lipinski definition) is 6. The van der Waals surface area contributed by atoms with Gasteiger partial charge in [-0.25, -0.2) is 4.79 Å². The molecule has 1 N–H and O–H groups in total. The first-order valence-electron chi connectivity index (χ1n) is 9.40. The van der Waals surface area contributed by atoms with E-state index in [1.165, 1.54) is 17.0 Å². The molecule has 1 heterocycles. The number of non-ortho nitro benzene ring substituents is 1. The molecule has 1 aliphatic heterocycles. The van der Waals surface area contributed by atoms with E-state index in [0.717, 1.165) is 0 Å². The molecule has 2 rings (SSSR count). The van der Waals surface area contributed by atoms with Gasteiger partial charge in [0, 0.05) is 18.7 Å². The molecule has 0 unspecified atom stereocenters. The summed E-state index contributed by atoms with van der Waals surface area (Å²) < 4.78 is 11.7. The van der Waals surface area contributed by atoms with Gasteiger partial charge in [-0.05, 0) is 42.2 Å². The number of nitro benzene ring substituents is 1. The molecule has 0 saturated carbocycles. The average molecular weight is 411 g/mol. The number of benzene rings is 1. The lowest BCUT2D eigenvalue weighted by atomic mass is 10.2. The van der Waals surface area contributed by atoms with Crippen LogP contribution >= 0.6 is 0 Å². The highest BCUT2D eigenvalue weighted by molar-refractivity contribution is 6.74. The highest BCUT2D eigenvalue weighted by Crippen LogP contribution is 2.39. The van der Waals surface area contributed by atoms with E-state index < -0.39 is 19.3 Å². The molecule has 1 aromatic rings. The average Bonchev–Trinajstić information content (AvgIpc) is 3.01. The van der Waals surface area contributed by atoms with Crippen LogP contribution in [0.15, 0.2) is 24.3 Å². The van der Waals surface area contributed by atoms with Gasteiger partial charge in [0.25, 0.3) is 5.69 Å². The monoisotopic (exact) mass is 410 g/mol. The highest BCUT2D eigenvalue weighted by atomic mass is 28.4. The number of likely N-dealkylation sites (tertiary alicyclic amines) is 1. The number of carbonyl (C=O) groups is 1. The number of hydrogen-bond donors (Lipinski definition) is 1. The molecule has 0 aromatic heterocycles. The minimum Gasteiger partial charge on any atom is -0.445 e. The molecular weight excluding hydrogens is 380 g/mol. The third kappa shape index (κ3) is 5.30. The van der Waals surface area contributed by atoms with Crippen LogP contribution in [0.25, 0.3) is 0 Å². The molecule has 8 nitrogen and oxygen atoms in total. The summed E-state index contributed by atoms with van der Waals surface area (Å²) in [5, 5.41) is 20.4. The van der Waals surface area contributed by atoms with Crippen LogP contribution in [0.3, 0.4) is 0 Å². The molecule has 1 aromatic carbocycles. The highest BCUT2D eigenvalue weighted by Gasteiger charge is 2.43. The van der Waals surface area contributed by atoms with Gasteiger partial charge in [-0.3, -0.25) is 10.1 Å². The van der Waals surface area contributed by atoms with Crippen molar-refractivity contribution in [1.82, 2.24) is 4.90 Å². The lowest BCUT2D eigenvalue weighted by Crippen LogP contribution is -2.44. The first kappa shape index (κ1) is 22.3. The molecular formula is C19H30N2O6Si. The van der Waals surface area contributed by atoms with E-state index in [-0.39, 0.29) is 36.1 Å². The molecule has 9 heteroatoms. The van der Waals surface area contributed by atoms with Crippen molar-refractivity contribution >= 4 is 20.1 Å². The number of ether oxygens (including phenoxy) is 1. The van der Waals surface area contributed by atoms with Gasteiger partial charge < -0.3 is 19.2 Å². The molecule has 1 amide bonds. The van der Waals surface area contributed by atoms with Crippen molar-refractivity contribution in [2.45, 2.75) is 64.1 Å². The Hall–Kier alpha value is -1.97. The van der Waals surface area contributed by atoms with Gasteiger partial charge >= 0.3 is 6.09 Å². The van der Waals surface area contributed by atoms with E-state index in [9.17, 15) is 20.0 Å². The summed E-state index contributed by atoms with van der Waals surface area (Å²) in [5.74, 6) is 0. The molecule has 0 bridgehead atoms. The first-order chi connectivity index (χ1) is 12.9. The lowest BCUT2D eigenvalue weighted by Gasteiger charge is -2.38. The second kappa shape index (κ2) is 8.58. The summed E-state index contributed by atoms with van der Waals surface area (Å²) in [4.78, 5) is 24.2. The van der Waals surface area contributed by atoms with E-state index in [1.54, 1.807) is 12.1 Å². The van der Waals surface area contributed by atoms with E-state index in [4.69, 9.17) is 9.16 Å². The molecule has 156 valence electrons. The van der Waals surface area contributed by atoms with Crippen LogP contribution in [-0.4, -0.2) is 54.6 Å². The third-order valence-corrected chi connectivity index (χ3v) is 10.1. The topological polar surface area (TPSA) is 102 Å². The lowest BCUT2D eigenvalue weighted by molar-refractivity contribution is -0.384. The minimum absolute atomic E-state index is 0.0131. The van der Waals surface area contributed by atoms with Gasteiger partial charge in [-0.1, -0.05) is 20.8 Å². The van der Waals surface area contributed by atoms with Crippen molar-refractivity contribution in [2.24, 2.45) is 0 Å². The second-order valence-corrected chi connectivity index (χ2v) is 13.5. The summed E-state index contributed by atoms with van der Waals surface area (Å²) >= 11 is 0. The number of aliphatic hydroxyl groups excluding tert-OH is 1. The van der Waals surface area contributed by atoms with E-state index >= 15 is 0 Å². The van der Waals surface area contributed by atoms with E-state index in [1.807, 2.05) is 0 Å². The number of carbonyl (C=O) groups excluding carboxylic acids is 1. The Labute approximate surface area is 166 Å². The zero-order valence-electron chi connectivity index (χ0n) is 17.2. The first-order valence-corrected chi connectivity index (χ1v) is 12.3. The molecule has 1 aliphatic rings. The Bertz CT molecular complexity index is 701. The van der Waals surface area contributed by atoms with Crippen LogP contribution < -0.4 is 0 Å². The van der Waals surface area contributed by atoms with Gasteiger partial charge in [0.15, 0.2) is 8.32 Å². The molecule has 0 aliphatic carbocycles. The zero-order valence-corrected chi connectivity index (χ0v) is 18.2. The summed E-state index contributed by atoms with van der Waals surface area (Å²) in [6.45, 7) is 11.1. The summed E-state index contributed by atoms with van der Waals surface area (Å²) in [6, 6.07) is 5.53. The van der Waals surface area contributed by atoms with Gasteiger partial charge in [-0.15, -0.1) is 0 Å². The standard InChI is InChI=1S/C19H30N2O6Si/c1-19(2,3)28(4,5)27-17-10-16(12-22)20(11-17)18(23)26-13-14-6-8-15(9-7-14)21(24)25/h6-9,16-17,22H,10-13H2,1-5H3/t16-,17-/m0/s1. The summed E-state index contributed by atoms with van der Waals surface area (Å²) in [6.07, 6.45) is -0.0565. The minimum atomic E-state index is -1.98. The van der Waals surface area contributed by atoms with Crippen molar-refractivity contribution in [3.8, 4) is 0 Å². The second-order valence-electron chi connectivity index (χ2n) is 8.70. The van der Waals surface area contributed by atoms with Gasteiger partial charge in [0.1, 0.15) is 6.61 Å². The maximum absolute atomic E-state index is 12.5. The maximum Gasteiger partial charge on any atom is 0.410 e. The normalized spacial score (nSPS) is 20.3. The fraction of sp³-hybridized carbons (Fsp3) is 0.632. The number of nitrogens with zero attached hydrogens (tertiary/aromatic N) is 2. The Kier molecular flexibility index (Phi) is 6.84. The zero-order chi connectivity index (χ0) is 21.1. The molecule has 1 fully saturated rings. The van der Waals surface area contributed by atoms with Crippen LogP contribution in [0, 0.1) is 10.1 Å². The SMILES string of the molecule is CC(C)(C)[Si](C)(C)O[C@H]1C[C@@H](CO)N(C(=O)OCc2ccc([N+](=O)[O-])cc2)C1. The van der Waals surface area contributed by atoms with Gasteiger partial charge in [0.2, 0.25) is 0 Å². The molecule has 28 heavy (non-hydrogen) atoms. The van der Waals surface area contributed by atoms with E-state index in [2.05, 4.69) is 33.9 Å². The van der Waals surface area contributed by atoms with Crippen molar-refractivity contribution in [3.63, 3.8) is 0 Å². The van der Waals surface area contributed by atoms with Crippen molar-refractivity contribution < 1.29 is 24.0 Å². The van der Waals surface area contributed by atoms with E-state index in [0.29, 0.717) is 18.5 Å². The third-order valence-electron chi connectivity index (χ3n) is 5.60. The summed E-state index contributed by atoms with van der Waals surface area (Å²) in [7, 11) is -1.98. The predicted octanol–water partition coefficient (Wildman–Crippen LogP) is 3.69. The predicted molar refractivity (Wildman–Crippen MR) is 108 cm³/mol. The van der Waals surface area contributed by atoms with Crippen LogP contribution in [0.5, 0.6) is 0 Å². The maximum atomic E-state index is 12.5. The molecule has 2 atom stereocenters. The molecule has 0 spiro atoms. The van der Waals surface area contributed by atoms with Crippen LogP contribution in [0.2, 0.25) is 18.1 Å². The fourth-order valence-corrected chi connectivity index (χ4v) is 4.25.